The minimum atomic E-state index is -1.08. The first-order chi connectivity index (χ1) is 5.69. The zero-order chi connectivity index (χ0) is 11.1. The van der Waals surface area contributed by atoms with Crippen molar-refractivity contribution < 1.29 is 24.6 Å². The summed E-state index contributed by atoms with van der Waals surface area (Å²) in [7, 11) is 5.91. The van der Waals surface area contributed by atoms with Crippen LogP contribution >= 0.6 is 0 Å². The molecule has 0 heterocycles. The number of carboxylic acid groups (broad SMARTS) is 1. The molecule has 0 bridgehead atoms. The first-order valence-electron chi connectivity index (χ1n) is 3.96. The number of aliphatic carboxylic acids is 1. The molecule has 0 aromatic carbocycles. The number of quaternary nitrogens is 1. The van der Waals surface area contributed by atoms with Crippen LogP contribution in [0.3, 0.4) is 0 Å². The Balaban J connectivity index is 0. The Bertz CT molecular complexity index is 138. The molecule has 13 heavy (non-hydrogen) atoms. The fourth-order valence-electron chi connectivity index (χ4n) is 0.690. The molecule has 0 aliphatic carbocycles. The molecule has 0 aromatic heterocycles. The number of carboxylic acids is 1. The van der Waals surface area contributed by atoms with Crippen LogP contribution in [0.2, 0.25) is 0 Å². The highest BCUT2D eigenvalue weighted by molar-refractivity contribution is 5.60. The number of rotatable bonds is 3. The van der Waals surface area contributed by atoms with Crippen LogP contribution in [0.1, 0.15) is 6.92 Å². The molecule has 0 saturated heterocycles. The summed E-state index contributed by atoms with van der Waals surface area (Å²) in [5, 5.41) is 26.3. The fourth-order valence-corrected chi connectivity index (χ4v) is 0.690. The first-order valence-corrected chi connectivity index (χ1v) is 3.96. The van der Waals surface area contributed by atoms with Crippen molar-refractivity contribution in [2.24, 2.45) is 0 Å². The third-order valence-corrected chi connectivity index (χ3v) is 0.969. The van der Waals surface area contributed by atoms with Crippen LogP contribution in [-0.4, -0.2) is 61.1 Å². The summed E-state index contributed by atoms with van der Waals surface area (Å²) in [6.07, 6.45) is -0.579. The van der Waals surface area contributed by atoms with Crippen molar-refractivity contribution in [3.05, 3.63) is 0 Å². The maximum absolute atomic E-state index is 8.93. The lowest BCUT2D eigenvalue weighted by Crippen LogP contribution is -2.42. The summed E-state index contributed by atoms with van der Waals surface area (Å²) in [6.45, 7) is 1.42. The van der Waals surface area contributed by atoms with Gasteiger partial charge in [-0.2, -0.15) is 0 Å². The second-order valence-electron chi connectivity index (χ2n) is 3.80. The monoisotopic (exact) mass is 193 g/mol. The molecule has 0 aliphatic heterocycles. The molecular weight excluding hydrogens is 174 g/mol. The number of carbonyl (C=O) groups is 1. The van der Waals surface area contributed by atoms with E-state index in [1.807, 2.05) is 21.1 Å². The summed E-state index contributed by atoms with van der Waals surface area (Å²) in [6, 6.07) is 0. The largest absolute Gasteiger partial charge is 0.550 e. The Morgan fingerprint density at radius 2 is 1.77 bits per heavy atom. The lowest BCUT2D eigenvalue weighted by Gasteiger charge is -2.25. The van der Waals surface area contributed by atoms with E-state index in [1.54, 1.807) is 0 Å². The van der Waals surface area contributed by atoms with Crippen molar-refractivity contribution in [1.29, 1.82) is 0 Å². The van der Waals surface area contributed by atoms with Gasteiger partial charge in [0.2, 0.25) is 0 Å². The second kappa shape index (κ2) is 6.82. The fraction of sp³-hybridized carbons (Fsp3) is 0.875. The standard InChI is InChI=1S/C6H16NO2.C2H4O2/c1-7(2,3)4-6(9)5-8;1-2(3)4/h6,8-9H,4-5H2,1-3H3;1H3,(H,3,4)/q+1;/p-1. The van der Waals surface area contributed by atoms with E-state index in [0.29, 0.717) is 11.0 Å². The van der Waals surface area contributed by atoms with Crippen LogP contribution in [0, 0.1) is 0 Å². The minimum Gasteiger partial charge on any atom is -0.550 e. The zero-order valence-electron chi connectivity index (χ0n) is 8.65. The average Bonchev–Trinajstić information content (AvgIpc) is 1.82. The molecular formula is C8H19NO4. The molecule has 1 unspecified atom stereocenters. The van der Waals surface area contributed by atoms with Crippen LogP contribution < -0.4 is 5.11 Å². The Morgan fingerprint density at radius 1 is 1.46 bits per heavy atom. The van der Waals surface area contributed by atoms with Crippen LogP contribution in [0.15, 0.2) is 0 Å². The highest BCUT2D eigenvalue weighted by Gasteiger charge is 2.13. The smallest absolute Gasteiger partial charge is 0.126 e. The van der Waals surface area contributed by atoms with Crippen LogP contribution in [0.25, 0.3) is 0 Å². The lowest BCUT2D eigenvalue weighted by molar-refractivity contribution is -0.873. The maximum atomic E-state index is 8.93. The number of hydrogen-bond acceptors (Lipinski definition) is 4. The van der Waals surface area contributed by atoms with Crippen molar-refractivity contribution in [1.82, 2.24) is 0 Å². The van der Waals surface area contributed by atoms with Gasteiger partial charge in [0.25, 0.3) is 0 Å². The van der Waals surface area contributed by atoms with Crippen molar-refractivity contribution in [3.63, 3.8) is 0 Å². The highest BCUT2D eigenvalue weighted by Crippen LogP contribution is 1.92. The van der Waals surface area contributed by atoms with Gasteiger partial charge in [0.15, 0.2) is 0 Å². The Morgan fingerprint density at radius 3 is 1.85 bits per heavy atom. The summed E-state index contributed by atoms with van der Waals surface area (Å²) >= 11 is 0. The third kappa shape index (κ3) is 24.6. The number of carbonyl (C=O) groups excluding carboxylic acids is 1. The molecule has 0 aliphatic rings. The summed E-state index contributed by atoms with van der Waals surface area (Å²) in [5.41, 5.74) is 0. The van der Waals surface area contributed by atoms with E-state index in [1.165, 1.54) is 0 Å². The molecule has 0 spiro atoms. The average molecular weight is 193 g/mol. The van der Waals surface area contributed by atoms with Gasteiger partial charge >= 0.3 is 0 Å². The molecule has 2 N–H and O–H groups in total. The Labute approximate surface area is 78.8 Å². The van der Waals surface area contributed by atoms with E-state index >= 15 is 0 Å². The number of hydrogen-bond donors (Lipinski definition) is 2. The molecule has 0 fully saturated rings. The van der Waals surface area contributed by atoms with Gasteiger partial charge in [0.05, 0.1) is 27.7 Å². The first kappa shape index (κ1) is 14.9. The van der Waals surface area contributed by atoms with Gasteiger partial charge < -0.3 is 24.6 Å². The van der Waals surface area contributed by atoms with Gasteiger partial charge in [0, 0.05) is 5.97 Å². The molecule has 5 heteroatoms. The van der Waals surface area contributed by atoms with E-state index in [-0.39, 0.29) is 6.61 Å². The highest BCUT2D eigenvalue weighted by atomic mass is 16.4. The molecule has 0 radical (unpaired) electrons. The molecule has 0 rings (SSSR count). The third-order valence-electron chi connectivity index (χ3n) is 0.969. The van der Waals surface area contributed by atoms with Gasteiger partial charge in [-0.15, -0.1) is 0 Å². The van der Waals surface area contributed by atoms with Crippen LogP contribution in [-0.2, 0) is 4.79 Å². The zero-order valence-corrected chi connectivity index (χ0v) is 8.65. The molecule has 0 aromatic rings. The molecule has 80 valence electrons. The van der Waals surface area contributed by atoms with E-state index in [2.05, 4.69) is 0 Å². The van der Waals surface area contributed by atoms with Gasteiger partial charge in [-0.25, -0.2) is 0 Å². The predicted molar refractivity (Wildman–Crippen MR) is 46.7 cm³/mol. The number of aliphatic hydroxyl groups is 2. The SMILES string of the molecule is CC(=O)[O-].C[N+](C)(C)CC(O)CO. The van der Waals surface area contributed by atoms with Crippen LogP contribution in [0.5, 0.6) is 0 Å². The minimum absolute atomic E-state index is 0.143. The van der Waals surface area contributed by atoms with E-state index < -0.39 is 12.1 Å². The Kier molecular flexibility index (Phi) is 7.79. The quantitative estimate of drug-likeness (QED) is 0.499. The second-order valence-corrected chi connectivity index (χ2v) is 3.80. The normalized spacial score (nSPS) is 12.8. The molecule has 1 atom stereocenters. The van der Waals surface area contributed by atoms with Crippen molar-refractivity contribution in [2.45, 2.75) is 13.0 Å². The van der Waals surface area contributed by atoms with E-state index in [4.69, 9.17) is 20.1 Å². The number of nitrogens with zero attached hydrogens (tertiary/aromatic N) is 1. The van der Waals surface area contributed by atoms with Gasteiger partial charge in [-0.05, 0) is 6.92 Å². The predicted octanol–water partition coefficient (Wildman–Crippen LogP) is -2.20. The summed E-state index contributed by atoms with van der Waals surface area (Å²) in [5.74, 6) is -1.08. The summed E-state index contributed by atoms with van der Waals surface area (Å²) < 4.78 is 0.682. The van der Waals surface area contributed by atoms with Gasteiger partial charge in [-0.1, -0.05) is 0 Å². The van der Waals surface area contributed by atoms with Crippen LogP contribution in [0.4, 0.5) is 0 Å². The van der Waals surface area contributed by atoms with Gasteiger partial charge in [0.1, 0.15) is 12.6 Å². The van der Waals surface area contributed by atoms with E-state index in [0.717, 1.165) is 6.92 Å². The van der Waals surface area contributed by atoms with Crippen molar-refractivity contribution >= 4 is 5.97 Å². The Hall–Kier alpha value is -0.650. The lowest BCUT2D eigenvalue weighted by atomic mass is 10.3. The molecule has 0 amide bonds. The number of likely N-dealkylation sites (N-methyl/N-ethyl adjacent to an activating group) is 1. The van der Waals surface area contributed by atoms with Crippen molar-refractivity contribution in [2.75, 3.05) is 34.3 Å². The molecule has 0 saturated carbocycles. The summed E-state index contributed by atoms with van der Waals surface area (Å²) in [4.78, 5) is 8.89. The number of aliphatic hydroxyl groups excluding tert-OH is 2. The van der Waals surface area contributed by atoms with E-state index in [9.17, 15) is 0 Å². The van der Waals surface area contributed by atoms with Gasteiger partial charge in [-0.3, -0.25) is 0 Å². The maximum Gasteiger partial charge on any atom is 0.126 e. The van der Waals surface area contributed by atoms with Crippen molar-refractivity contribution in [3.8, 4) is 0 Å². The topological polar surface area (TPSA) is 80.6 Å². The molecule has 5 nitrogen and oxygen atoms in total.